The van der Waals surface area contributed by atoms with E-state index in [1.165, 1.54) is 0 Å². The van der Waals surface area contributed by atoms with E-state index in [-0.39, 0.29) is 18.7 Å². The maximum atomic E-state index is 8.97. The first-order valence-electron chi connectivity index (χ1n) is 4.77. The SMILES string of the molecule is Nc1ccccc1C1CC(CO)NN1. The number of hydrazine groups is 1. The van der Waals surface area contributed by atoms with Crippen LogP contribution in [0.5, 0.6) is 0 Å². The lowest BCUT2D eigenvalue weighted by molar-refractivity contribution is 0.251. The molecule has 2 atom stereocenters. The predicted molar refractivity (Wildman–Crippen MR) is 55.4 cm³/mol. The number of aliphatic hydroxyl groups is 1. The molecule has 5 N–H and O–H groups in total. The molecule has 0 saturated carbocycles. The maximum Gasteiger partial charge on any atom is 0.0598 e. The van der Waals surface area contributed by atoms with E-state index < -0.39 is 0 Å². The van der Waals surface area contributed by atoms with Crippen LogP contribution in [0, 0.1) is 0 Å². The van der Waals surface area contributed by atoms with Crippen molar-refractivity contribution >= 4 is 5.69 Å². The van der Waals surface area contributed by atoms with Crippen molar-refractivity contribution in [2.24, 2.45) is 0 Å². The number of nitrogens with one attached hydrogen (secondary N) is 2. The summed E-state index contributed by atoms with van der Waals surface area (Å²) in [5.74, 6) is 0. The molecule has 1 saturated heterocycles. The van der Waals surface area contributed by atoms with Gasteiger partial charge >= 0.3 is 0 Å². The quantitative estimate of drug-likeness (QED) is 0.505. The predicted octanol–water partition coefficient (Wildman–Crippen LogP) is 0.169. The Bertz CT molecular complexity index is 316. The zero-order chi connectivity index (χ0) is 9.97. The summed E-state index contributed by atoms with van der Waals surface area (Å²) in [5, 5.41) is 8.97. The Hall–Kier alpha value is -1.10. The van der Waals surface area contributed by atoms with Gasteiger partial charge in [-0.05, 0) is 18.1 Å². The van der Waals surface area contributed by atoms with E-state index >= 15 is 0 Å². The number of para-hydroxylation sites is 1. The van der Waals surface area contributed by atoms with E-state index in [1.54, 1.807) is 0 Å². The number of hydrogen-bond acceptors (Lipinski definition) is 4. The van der Waals surface area contributed by atoms with E-state index in [4.69, 9.17) is 10.8 Å². The Morgan fingerprint density at radius 3 is 2.79 bits per heavy atom. The summed E-state index contributed by atoms with van der Waals surface area (Å²) < 4.78 is 0. The van der Waals surface area contributed by atoms with Crippen molar-refractivity contribution in [2.75, 3.05) is 12.3 Å². The van der Waals surface area contributed by atoms with Gasteiger partial charge in [-0.1, -0.05) is 18.2 Å². The Morgan fingerprint density at radius 1 is 1.36 bits per heavy atom. The molecule has 1 heterocycles. The van der Waals surface area contributed by atoms with Gasteiger partial charge in [-0.25, -0.2) is 5.43 Å². The van der Waals surface area contributed by atoms with Gasteiger partial charge in [0, 0.05) is 17.8 Å². The molecule has 1 fully saturated rings. The normalized spacial score (nSPS) is 26.6. The molecule has 1 aliphatic rings. The zero-order valence-electron chi connectivity index (χ0n) is 7.90. The van der Waals surface area contributed by atoms with Gasteiger partial charge < -0.3 is 10.8 Å². The molecule has 0 spiro atoms. The fourth-order valence-corrected chi connectivity index (χ4v) is 1.77. The van der Waals surface area contributed by atoms with E-state index in [0.717, 1.165) is 17.7 Å². The second kappa shape index (κ2) is 3.96. The van der Waals surface area contributed by atoms with Gasteiger partial charge in [0.25, 0.3) is 0 Å². The lowest BCUT2D eigenvalue weighted by Crippen LogP contribution is -2.32. The highest BCUT2D eigenvalue weighted by Gasteiger charge is 2.25. The van der Waals surface area contributed by atoms with Crippen molar-refractivity contribution in [3.8, 4) is 0 Å². The zero-order valence-corrected chi connectivity index (χ0v) is 7.90. The maximum absolute atomic E-state index is 8.97. The third-order valence-corrected chi connectivity index (χ3v) is 2.57. The highest BCUT2D eigenvalue weighted by Crippen LogP contribution is 2.26. The minimum Gasteiger partial charge on any atom is -0.398 e. The van der Waals surface area contributed by atoms with Gasteiger partial charge in [0.2, 0.25) is 0 Å². The number of rotatable bonds is 2. The average molecular weight is 193 g/mol. The lowest BCUT2D eigenvalue weighted by atomic mass is 10.0. The molecule has 0 amide bonds. The number of aliphatic hydroxyl groups excluding tert-OH is 1. The summed E-state index contributed by atoms with van der Waals surface area (Å²) >= 11 is 0. The fourth-order valence-electron chi connectivity index (χ4n) is 1.77. The van der Waals surface area contributed by atoms with Crippen LogP contribution in [0.15, 0.2) is 24.3 Å². The first kappa shape index (κ1) is 9.45. The highest BCUT2D eigenvalue weighted by atomic mass is 16.3. The largest absolute Gasteiger partial charge is 0.398 e. The minimum atomic E-state index is 0.125. The summed E-state index contributed by atoms with van der Waals surface area (Å²) in [4.78, 5) is 0. The molecule has 1 aliphatic heterocycles. The highest BCUT2D eigenvalue weighted by molar-refractivity contribution is 5.48. The molecule has 0 aromatic heterocycles. The van der Waals surface area contributed by atoms with Gasteiger partial charge in [-0.2, -0.15) is 0 Å². The second-order valence-corrected chi connectivity index (χ2v) is 3.59. The van der Waals surface area contributed by atoms with Crippen molar-refractivity contribution in [1.82, 2.24) is 10.9 Å². The summed E-state index contributed by atoms with van der Waals surface area (Å²) in [6.45, 7) is 0.149. The molecule has 14 heavy (non-hydrogen) atoms. The van der Waals surface area contributed by atoms with Crippen LogP contribution < -0.4 is 16.6 Å². The molecule has 76 valence electrons. The molecule has 0 bridgehead atoms. The third kappa shape index (κ3) is 1.72. The van der Waals surface area contributed by atoms with Crippen LogP contribution in [0.25, 0.3) is 0 Å². The lowest BCUT2D eigenvalue weighted by Gasteiger charge is -2.11. The van der Waals surface area contributed by atoms with Crippen molar-refractivity contribution in [1.29, 1.82) is 0 Å². The van der Waals surface area contributed by atoms with Crippen LogP contribution in [0.4, 0.5) is 5.69 Å². The van der Waals surface area contributed by atoms with Gasteiger partial charge in [-0.3, -0.25) is 5.43 Å². The molecule has 1 aromatic rings. The monoisotopic (exact) mass is 193 g/mol. The Kier molecular flexibility index (Phi) is 2.67. The van der Waals surface area contributed by atoms with Crippen molar-refractivity contribution in [3.63, 3.8) is 0 Å². The van der Waals surface area contributed by atoms with Crippen molar-refractivity contribution in [2.45, 2.75) is 18.5 Å². The second-order valence-electron chi connectivity index (χ2n) is 3.59. The van der Waals surface area contributed by atoms with Gasteiger partial charge in [-0.15, -0.1) is 0 Å². The molecule has 4 nitrogen and oxygen atoms in total. The average Bonchev–Trinajstić information content (AvgIpc) is 2.67. The Balaban J connectivity index is 2.13. The van der Waals surface area contributed by atoms with Crippen LogP contribution in [-0.2, 0) is 0 Å². The van der Waals surface area contributed by atoms with Crippen LogP contribution in [0.2, 0.25) is 0 Å². The third-order valence-electron chi connectivity index (χ3n) is 2.57. The van der Waals surface area contributed by atoms with E-state index in [1.807, 2.05) is 24.3 Å². The summed E-state index contributed by atoms with van der Waals surface area (Å²) in [6.07, 6.45) is 0.866. The molecular weight excluding hydrogens is 178 g/mol. The molecule has 2 rings (SSSR count). The molecule has 2 unspecified atom stereocenters. The summed E-state index contributed by atoms with van der Waals surface area (Å²) in [7, 11) is 0. The molecule has 1 aromatic carbocycles. The van der Waals surface area contributed by atoms with E-state index in [0.29, 0.717) is 0 Å². The molecular formula is C10H15N3O. The van der Waals surface area contributed by atoms with Crippen LogP contribution in [0.3, 0.4) is 0 Å². The van der Waals surface area contributed by atoms with Crippen LogP contribution >= 0.6 is 0 Å². The first-order chi connectivity index (χ1) is 6.81. The van der Waals surface area contributed by atoms with Gasteiger partial charge in [0.05, 0.1) is 6.61 Å². The van der Waals surface area contributed by atoms with Crippen LogP contribution in [-0.4, -0.2) is 17.8 Å². The molecule has 0 aliphatic carbocycles. The molecule has 0 radical (unpaired) electrons. The minimum absolute atomic E-state index is 0.125. The standard InChI is InChI=1S/C10H15N3O/c11-9-4-2-1-3-8(9)10-5-7(6-14)12-13-10/h1-4,7,10,12-14H,5-6,11H2. The Morgan fingerprint density at radius 2 is 2.14 bits per heavy atom. The number of nitrogens with two attached hydrogens (primary N) is 1. The Labute approximate surface area is 83.1 Å². The summed E-state index contributed by atoms with van der Waals surface area (Å²) in [6, 6.07) is 8.12. The van der Waals surface area contributed by atoms with E-state index in [2.05, 4.69) is 10.9 Å². The molecule has 4 heteroatoms. The number of nitrogen functional groups attached to an aromatic ring is 1. The number of benzene rings is 1. The number of anilines is 1. The smallest absolute Gasteiger partial charge is 0.0598 e. The van der Waals surface area contributed by atoms with Crippen molar-refractivity contribution < 1.29 is 5.11 Å². The number of hydrogen-bond donors (Lipinski definition) is 4. The first-order valence-corrected chi connectivity index (χ1v) is 4.77. The summed E-state index contributed by atoms with van der Waals surface area (Å²) in [5.41, 5.74) is 13.9. The van der Waals surface area contributed by atoms with E-state index in [9.17, 15) is 0 Å². The van der Waals surface area contributed by atoms with Crippen LogP contribution in [0.1, 0.15) is 18.0 Å². The van der Waals surface area contributed by atoms with Crippen molar-refractivity contribution in [3.05, 3.63) is 29.8 Å². The topological polar surface area (TPSA) is 70.3 Å². The van der Waals surface area contributed by atoms with Gasteiger partial charge in [0.1, 0.15) is 0 Å². The van der Waals surface area contributed by atoms with Gasteiger partial charge in [0.15, 0.2) is 0 Å². The fraction of sp³-hybridized carbons (Fsp3) is 0.400.